The molecule has 6 nitrogen and oxygen atoms in total. The van der Waals surface area contributed by atoms with Crippen LogP contribution in [0.2, 0.25) is 0 Å². The molecule has 0 aromatic heterocycles. The highest BCUT2D eigenvalue weighted by atomic mass is 16.6. The van der Waals surface area contributed by atoms with E-state index in [2.05, 4.69) is 77.7 Å². The first-order chi connectivity index (χ1) is 19.1. The summed E-state index contributed by atoms with van der Waals surface area (Å²) in [7, 11) is 0. The van der Waals surface area contributed by atoms with E-state index in [1.807, 2.05) is 4.90 Å². The van der Waals surface area contributed by atoms with Gasteiger partial charge in [-0.15, -0.1) is 0 Å². The maximum Gasteiger partial charge on any atom is 0.410 e. The van der Waals surface area contributed by atoms with Crippen LogP contribution in [0.15, 0.2) is 72.8 Å². The SMILES string of the molecule is O=C(OCC1c2ccccc2-c2ccccc21)N1C2CCCC1CC(O)(c1ccc(N3CCOCC3)cc1)C2. The Morgan fingerprint density at radius 3 is 2.08 bits per heavy atom. The summed E-state index contributed by atoms with van der Waals surface area (Å²) in [5, 5.41) is 11.9. The third kappa shape index (κ3) is 4.40. The summed E-state index contributed by atoms with van der Waals surface area (Å²) < 4.78 is 11.5. The van der Waals surface area contributed by atoms with Gasteiger partial charge >= 0.3 is 6.09 Å². The number of fused-ring (bicyclic) bond motifs is 5. The predicted octanol–water partition coefficient (Wildman–Crippen LogP) is 5.68. The summed E-state index contributed by atoms with van der Waals surface area (Å²) in [5.74, 6) is 0.0490. The van der Waals surface area contributed by atoms with Crippen molar-refractivity contribution in [2.45, 2.75) is 55.7 Å². The second-order valence-corrected chi connectivity index (χ2v) is 11.5. The van der Waals surface area contributed by atoms with Crippen molar-refractivity contribution in [3.8, 4) is 11.1 Å². The van der Waals surface area contributed by atoms with Gasteiger partial charge in [-0.1, -0.05) is 60.7 Å². The van der Waals surface area contributed by atoms with Gasteiger partial charge in [0, 0.05) is 49.6 Å². The molecular formula is C33H36N2O4. The average Bonchev–Trinajstić information content (AvgIpc) is 3.29. The molecule has 0 spiro atoms. The third-order valence-corrected chi connectivity index (χ3v) is 9.34. The topological polar surface area (TPSA) is 62.2 Å². The van der Waals surface area contributed by atoms with E-state index in [0.29, 0.717) is 19.4 Å². The van der Waals surface area contributed by atoms with Gasteiger partial charge in [0.05, 0.1) is 18.8 Å². The number of piperidine rings is 2. The monoisotopic (exact) mass is 524 g/mol. The molecule has 39 heavy (non-hydrogen) atoms. The zero-order valence-electron chi connectivity index (χ0n) is 22.3. The Labute approximate surface area is 230 Å². The molecule has 3 fully saturated rings. The molecule has 2 atom stereocenters. The molecular weight excluding hydrogens is 488 g/mol. The zero-order valence-corrected chi connectivity index (χ0v) is 22.3. The Hall–Kier alpha value is -3.35. The first-order valence-corrected chi connectivity index (χ1v) is 14.4. The summed E-state index contributed by atoms with van der Waals surface area (Å²) in [5.41, 5.74) is 6.09. The number of aliphatic hydroxyl groups is 1. The van der Waals surface area contributed by atoms with E-state index in [1.54, 1.807) is 0 Å². The van der Waals surface area contributed by atoms with Crippen molar-refractivity contribution in [1.82, 2.24) is 4.90 Å². The van der Waals surface area contributed by atoms with E-state index in [9.17, 15) is 9.90 Å². The highest BCUT2D eigenvalue weighted by molar-refractivity contribution is 5.79. The van der Waals surface area contributed by atoms with Crippen LogP contribution in [0, 0.1) is 0 Å². The molecule has 3 aromatic rings. The molecule has 2 unspecified atom stereocenters. The normalized spacial score (nSPS) is 26.2. The third-order valence-electron chi connectivity index (χ3n) is 9.34. The maximum atomic E-state index is 13.6. The number of carbonyl (C=O) groups excluding carboxylic acids is 1. The van der Waals surface area contributed by atoms with E-state index in [1.165, 1.54) is 27.9 Å². The fourth-order valence-corrected chi connectivity index (χ4v) is 7.44. The quantitative estimate of drug-likeness (QED) is 0.476. The van der Waals surface area contributed by atoms with Crippen LogP contribution in [0.25, 0.3) is 11.1 Å². The van der Waals surface area contributed by atoms with E-state index >= 15 is 0 Å². The molecule has 4 aliphatic rings. The van der Waals surface area contributed by atoms with Gasteiger partial charge in [-0.25, -0.2) is 4.79 Å². The molecule has 0 radical (unpaired) electrons. The minimum atomic E-state index is -0.931. The number of carbonyl (C=O) groups is 1. The summed E-state index contributed by atoms with van der Waals surface area (Å²) in [6.07, 6.45) is 3.73. The Morgan fingerprint density at radius 2 is 1.46 bits per heavy atom. The largest absolute Gasteiger partial charge is 0.448 e. The maximum absolute atomic E-state index is 13.6. The molecule has 3 saturated heterocycles. The van der Waals surface area contributed by atoms with Gasteiger partial charge < -0.3 is 24.4 Å². The van der Waals surface area contributed by atoms with E-state index < -0.39 is 5.60 Å². The van der Waals surface area contributed by atoms with E-state index in [4.69, 9.17) is 9.47 Å². The van der Waals surface area contributed by atoms with Gasteiger partial charge in [0.1, 0.15) is 6.61 Å². The second-order valence-electron chi connectivity index (χ2n) is 11.5. The van der Waals surface area contributed by atoms with Crippen LogP contribution < -0.4 is 4.90 Å². The molecule has 7 rings (SSSR count). The first kappa shape index (κ1) is 24.7. The molecule has 0 saturated carbocycles. The van der Waals surface area contributed by atoms with Gasteiger partial charge in [-0.2, -0.15) is 0 Å². The highest BCUT2D eigenvalue weighted by Gasteiger charge is 2.49. The highest BCUT2D eigenvalue weighted by Crippen LogP contribution is 2.47. The number of rotatable bonds is 4. The van der Waals surface area contributed by atoms with Crippen LogP contribution in [-0.2, 0) is 15.1 Å². The van der Waals surface area contributed by atoms with Gasteiger partial charge in [-0.05, 0) is 59.2 Å². The second kappa shape index (κ2) is 10.00. The molecule has 202 valence electrons. The van der Waals surface area contributed by atoms with Crippen LogP contribution >= 0.6 is 0 Å². The van der Waals surface area contributed by atoms with Crippen molar-refractivity contribution in [3.05, 3.63) is 89.5 Å². The van der Waals surface area contributed by atoms with Gasteiger partial charge in [0.25, 0.3) is 0 Å². The first-order valence-electron chi connectivity index (χ1n) is 14.4. The molecule has 3 heterocycles. The summed E-state index contributed by atoms with van der Waals surface area (Å²) >= 11 is 0. The van der Waals surface area contributed by atoms with E-state index in [0.717, 1.165) is 51.1 Å². The Bertz CT molecular complexity index is 1290. The lowest BCUT2D eigenvalue weighted by Crippen LogP contribution is -2.59. The van der Waals surface area contributed by atoms with Crippen LogP contribution in [0.5, 0.6) is 0 Å². The lowest BCUT2D eigenvalue weighted by atomic mass is 9.72. The van der Waals surface area contributed by atoms with Crippen molar-refractivity contribution in [1.29, 1.82) is 0 Å². The number of hydrogen-bond acceptors (Lipinski definition) is 5. The minimum absolute atomic E-state index is 0.0166. The Morgan fingerprint density at radius 1 is 0.872 bits per heavy atom. The Balaban J connectivity index is 1.06. The average molecular weight is 525 g/mol. The van der Waals surface area contributed by atoms with Crippen LogP contribution in [0.3, 0.4) is 0 Å². The van der Waals surface area contributed by atoms with Crippen LogP contribution in [0.1, 0.15) is 54.7 Å². The predicted molar refractivity (Wildman–Crippen MR) is 151 cm³/mol. The molecule has 3 aromatic carbocycles. The van der Waals surface area contributed by atoms with Gasteiger partial charge in [0.15, 0.2) is 0 Å². The van der Waals surface area contributed by atoms with Crippen molar-refractivity contribution < 1.29 is 19.4 Å². The molecule has 1 amide bonds. The lowest BCUT2D eigenvalue weighted by Gasteiger charge is -2.51. The summed E-state index contributed by atoms with van der Waals surface area (Å²) in [6.45, 7) is 3.61. The van der Waals surface area contributed by atoms with Crippen LogP contribution in [-0.4, -0.2) is 61.1 Å². The zero-order chi connectivity index (χ0) is 26.4. The van der Waals surface area contributed by atoms with Gasteiger partial charge in [0.2, 0.25) is 0 Å². The van der Waals surface area contributed by atoms with E-state index in [-0.39, 0.29) is 24.1 Å². The number of morpholine rings is 1. The van der Waals surface area contributed by atoms with Crippen molar-refractivity contribution in [2.75, 3.05) is 37.8 Å². The van der Waals surface area contributed by atoms with Crippen molar-refractivity contribution in [2.24, 2.45) is 0 Å². The fourth-order valence-electron chi connectivity index (χ4n) is 7.44. The van der Waals surface area contributed by atoms with Crippen molar-refractivity contribution >= 4 is 11.8 Å². The molecule has 2 bridgehead atoms. The van der Waals surface area contributed by atoms with Crippen molar-refractivity contribution in [3.63, 3.8) is 0 Å². The van der Waals surface area contributed by atoms with Gasteiger partial charge in [-0.3, -0.25) is 0 Å². The number of ether oxygens (including phenoxy) is 2. The number of benzene rings is 3. The van der Waals surface area contributed by atoms with Crippen LogP contribution in [0.4, 0.5) is 10.5 Å². The Kier molecular flexibility index (Phi) is 6.32. The summed E-state index contributed by atoms with van der Waals surface area (Å²) in [6, 6.07) is 25.2. The molecule has 6 heteroatoms. The number of hydrogen-bond donors (Lipinski definition) is 1. The lowest BCUT2D eigenvalue weighted by molar-refractivity contribution is -0.0890. The minimum Gasteiger partial charge on any atom is -0.448 e. The summed E-state index contributed by atoms with van der Waals surface area (Å²) in [4.78, 5) is 17.8. The molecule has 1 N–H and O–H groups in total. The number of amides is 1. The smallest absolute Gasteiger partial charge is 0.410 e. The molecule has 1 aliphatic carbocycles. The fraction of sp³-hybridized carbons (Fsp3) is 0.424. The number of anilines is 1. The molecule has 3 aliphatic heterocycles. The standard InChI is InChI=1S/C33H36N2O4/c36-32(39-22-31-29-10-3-1-8-27(29)28-9-2-4-11-30(28)31)35-25-6-5-7-26(35)21-33(37,20-25)23-12-14-24(15-13-23)34-16-18-38-19-17-34/h1-4,8-15,25-26,31,37H,5-7,16-22H2. The number of nitrogens with zero attached hydrogens (tertiary/aromatic N) is 2.